The molecule has 2 spiro atoms. The van der Waals surface area contributed by atoms with Crippen LogP contribution in [0.5, 0.6) is 0 Å². The maximum atomic E-state index is 3.01. The number of allylic oxidation sites excluding steroid dienone is 8. The summed E-state index contributed by atoms with van der Waals surface area (Å²) in [5.74, 6) is 7.50. The number of hydrogen-bond donors (Lipinski definition) is 0. The normalized spacial score (nSPS) is 43.3. The van der Waals surface area contributed by atoms with Gasteiger partial charge in [-0.05, 0) is 223 Å². The van der Waals surface area contributed by atoms with Crippen LogP contribution >= 0.6 is 0 Å². The number of fused-ring (bicyclic) bond motifs is 14. The van der Waals surface area contributed by atoms with E-state index in [2.05, 4.69) is 72.8 Å². The highest BCUT2D eigenvalue weighted by Gasteiger charge is 2.75. The monoisotopic (exact) mass is 718 g/mol. The van der Waals surface area contributed by atoms with Gasteiger partial charge in [0.15, 0.2) is 0 Å². The lowest BCUT2D eigenvalue weighted by atomic mass is 9.49. The fraction of sp³-hybridized carbons (Fsp3) is 0.333. The number of hydrogen-bond acceptors (Lipinski definition) is 0. The summed E-state index contributed by atoms with van der Waals surface area (Å²) >= 11 is 0. The van der Waals surface area contributed by atoms with Crippen molar-refractivity contribution in [3.8, 4) is 0 Å². The van der Waals surface area contributed by atoms with Crippen LogP contribution in [0.3, 0.4) is 0 Å². The van der Waals surface area contributed by atoms with Gasteiger partial charge in [0.2, 0.25) is 0 Å². The molecule has 4 bridgehead atoms. The molecule has 2 saturated carbocycles. The SMILES string of the molecule is C1=C2CC34c5c2c2c6c7c8c9c%10c%11c7c7c%12c%13c%14c%15c7c6c5C%15C(C=C%14CC%13=CC(C%11%12)C5C6CC(c7ccccc76)C%105CC9=CC1C28)C3C1CC4c2ccccc21. The quantitative estimate of drug-likeness (QED) is 0.137. The molecule has 0 aliphatic heterocycles. The molecule has 6 aromatic carbocycles. The maximum Gasteiger partial charge on any atom is 0.0212 e. The second kappa shape index (κ2) is 6.71. The Balaban J connectivity index is 1.02. The zero-order chi connectivity index (χ0) is 35.0. The van der Waals surface area contributed by atoms with Crippen molar-refractivity contribution < 1.29 is 0 Å². The fourth-order valence-corrected chi connectivity index (χ4v) is 22.2. The molecular weight excluding hydrogens is 685 g/mol. The average molecular weight is 719 g/mol. The van der Waals surface area contributed by atoms with Crippen LogP contribution in [0.2, 0.25) is 0 Å². The number of benzene rings is 6. The predicted molar refractivity (Wildman–Crippen MR) is 224 cm³/mol. The lowest BCUT2D eigenvalue weighted by molar-refractivity contribution is 0.181. The predicted octanol–water partition coefficient (Wildman–Crippen LogP) is 12.4. The third-order valence-corrected chi connectivity index (χ3v) is 22.3. The van der Waals surface area contributed by atoms with Gasteiger partial charge in [-0.15, -0.1) is 0 Å². The minimum absolute atomic E-state index is 0.247. The molecule has 22 rings (SSSR count). The van der Waals surface area contributed by atoms with Gasteiger partial charge in [0, 0.05) is 34.5 Å². The summed E-state index contributed by atoms with van der Waals surface area (Å²) in [6.45, 7) is 0. The molecule has 12 atom stereocenters. The molecule has 2 fully saturated rings. The van der Waals surface area contributed by atoms with Gasteiger partial charge in [-0.25, -0.2) is 0 Å². The summed E-state index contributed by atoms with van der Waals surface area (Å²) in [6, 6.07) is 19.8. The topological polar surface area (TPSA) is 0 Å². The third kappa shape index (κ3) is 1.83. The zero-order valence-electron chi connectivity index (χ0n) is 31.4. The van der Waals surface area contributed by atoms with Crippen LogP contribution in [0.1, 0.15) is 163 Å². The van der Waals surface area contributed by atoms with Gasteiger partial charge in [0.05, 0.1) is 0 Å². The van der Waals surface area contributed by atoms with E-state index in [4.69, 9.17) is 0 Å². The van der Waals surface area contributed by atoms with E-state index in [0.717, 1.165) is 0 Å². The van der Waals surface area contributed by atoms with E-state index in [0.29, 0.717) is 71.0 Å². The molecule has 16 aliphatic rings. The highest BCUT2D eigenvalue weighted by molar-refractivity contribution is 6.38. The van der Waals surface area contributed by atoms with Crippen molar-refractivity contribution in [2.45, 2.75) is 84.4 Å². The van der Waals surface area contributed by atoms with Crippen molar-refractivity contribution in [1.82, 2.24) is 0 Å². The van der Waals surface area contributed by atoms with E-state index >= 15 is 0 Å². The smallest absolute Gasteiger partial charge is 0.0212 e. The highest BCUT2D eigenvalue weighted by atomic mass is 14.8. The first kappa shape index (κ1) is 25.4. The second-order valence-electron chi connectivity index (χ2n) is 22.6. The van der Waals surface area contributed by atoms with Crippen LogP contribution in [0.4, 0.5) is 0 Å². The first-order valence-corrected chi connectivity index (χ1v) is 23.0. The fourth-order valence-electron chi connectivity index (χ4n) is 22.2. The Kier molecular flexibility index (Phi) is 2.99. The first-order valence-electron chi connectivity index (χ1n) is 23.0. The summed E-state index contributed by atoms with van der Waals surface area (Å²) < 4.78 is 0. The van der Waals surface area contributed by atoms with Gasteiger partial charge < -0.3 is 0 Å². The molecule has 16 aliphatic carbocycles. The van der Waals surface area contributed by atoms with Crippen molar-refractivity contribution in [1.29, 1.82) is 0 Å². The lowest BCUT2D eigenvalue weighted by Crippen LogP contribution is -2.47. The van der Waals surface area contributed by atoms with E-state index in [1.165, 1.54) is 32.1 Å². The molecule has 0 N–H and O–H groups in total. The molecule has 0 aromatic heterocycles. The van der Waals surface area contributed by atoms with Gasteiger partial charge in [-0.3, -0.25) is 0 Å². The van der Waals surface area contributed by atoms with Gasteiger partial charge >= 0.3 is 0 Å². The summed E-state index contributed by atoms with van der Waals surface area (Å²) in [4.78, 5) is 0. The molecule has 0 saturated heterocycles. The second-order valence-corrected chi connectivity index (χ2v) is 22.6. The molecule has 0 amide bonds. The summed E-state index contributed by atoms with van der Waals surface area (Å²) in [6.07, 6.45) is 18.4. The van der Waals surface area contributed by atoms with Gasteiger partial charge in [0.1, 0.15) is 0 Å². The molecule has 12 unspecified atom stereocenters. The highest BCUT2D eigenvalue weighted by Crippen LogP contribution is 2.86. The Morgan fingerprint density at radius 3 is 1.35 bits per heavy atom. The largest absolute Gasteiger partial charge is 0.0760 e. The molecular formula is C57H34. The van der Waals surface area contributed by atoms with Crippen molar-refractivity contribution in [3.63, 3.8) is 0 Å². The minimum atomic E-state index is 0.247. The molecule has 0 radical (unpaired) electrons. The van der Waals surface area contributed by atoms with E-state index in [1.54, 1.807) is 66.4 Å². The average Bonchev–Trinajstić information content (AvgIpc) is 4.09. The van der Waals surface area contributed by atoms with Gasteiger partial charge in [0.25, 0.3) is 0 Å². The third-order valence-electron chi connectivity index (χ3n) is 22.3. The van der Waals surface area contributed by atoms with Crippen LogP contribution < -0.4 is 0 Å². The molecule has 0 nitrogen and oxygen atoms in total. The number of rotatable bonds is 0. The Labute approximate surface area is 329 Å². The van der Waals surface area contributed by atoms with Crippen molar-refractivity contribution in [2.24, 2.45) is 29.6 Å². The van der Waals surface area contributed by atoms with Crippen LogP contribution in [0.25, 0.3) is 54.6 Å². The van der Waals surface area contributed by atoms with Crippen molar-refractivity contribution >= 4 is 54.6 Å². The van der Waals surface area contributed by atoms with E-state index in [1.807, 2.05) is 77.2 Å². The lowest BCUT2D eigenvalue weighted by Gasteiger charge is -2.53. The van der Waals surface area contributed by atoms with Crippen LogP contribution in [0, 0.1) is 29.6 Å². The maximum absolute atomic E-state index is 3.01. The zero-order valence-corrected chi connectivity index (χ0v) is 31.4. The Morgan fingerprint density at radius 2 is 0.860 bits per heavy atom. The van der Waals surface area contributed by atoms with E-state index in [-0.39, 0.29) is 10.8 Å². The van der Waals surface area contributed by atoms with E-state index < -0.39 is 0 Å². The summed E-state index contributed by atoms with van der Waals surface area (Å²) in [5.41, 5.74) is 36.8. The van der Waals surface area contributed by atoms with Gasteiger partial charge in [-0.2, -0.15) is 0 Å². The first-order chi connectivity index (χ1) is 28.3. The molecule has 0 heteroatoms. The molecule has 0 heterocycles. The van der Waals surface area contributed by atoms with E-state index in [9.17, 15) is 0 Å². The molecule has 6 aromatic rings. The Bertz CT molecular complexity index is 3410. The van der Waals surface area contributed by atoms with Gasteiger partial charge in [-0.1, -0.05) is 72.8 Å². The van der Waals surface area contributed by atoms with Crippen LogP contribution in [-0.4, -0.2) is 0 Å². The van der Waals surface area contributed by atoms with Crippen LogP contribution in [-0.2, 0) is 10.8 Å². The minimum Gasteiger partial charge on any atom is -0.0760 e. The molecule has 262 valence electrons. The standard InChI is InChI=1S/C57H34/c1-3-7-25-23(5-1)27-14-31(25)56-16-21-10-18-11-22-17-57-32-15-28(24-6-2-4-8-26(24)32)53(57)30-13-20-9-19-12-29(52(27)56)38-42-33(19)34(20)43-39(30)51-49-45-41(37(22)55(51)57)35(18)40-36(21)54(56)50(38)48(44(40)45)46(42)47(43)49/h1-8,10-13,18,27-32,35,38-39,52-53H,9,14-17H2. The van der Waals surface area contributed by atoms with Crippen LogP contribution in [0.15, 0.2) is 72.8 Å². The molecule has 57 heavy (non-hydrogen) atoms. The van der Waals surface area contributed by atoms with Crippen molar-refractivity contribution in [2.75, 3.05) is 0 Å². The summed E-state index contributed by atoms with van der Waals surface area (Å²) in [7, 11) is 0. The Hall–Kier alpha value is -4.94. The summed E-state index contributed by atoms with van der Waals surface area (Å²) in [5, 5.41) is 10.9. The van der Waals surface area contributed by atoms with Crippen molar-refractivity contribution in [3.05, 3.63) is 162 Å². The Morgan fingerprint density at radius 1 is 0.421 bits per heavy atom.